The van der Waals surface area contributed by atoms with Crippen LogP contribution in [0.5, 0.6) is 0 Å². The molecule has 3 aromatic rings. The Morgan fingerprint density at radius 3 is 2.29 bits per heavy atom. The molecule has 1 heterocycles. The minimum Gasteiger partial charge on any atom is -0.320 e. The van der Waals surface area contributed by atoms with Crippen molar-refractivity contribution in [2.75, 3.05) is 24.4 Å². The molecular formula is C20H18Cl2N4O2. The van der Waals surface area contributed by atoms with E-state index in [4.69, 9.17) is 23.2 Å². The lowest BCUT2D eigenvalue weighted by molar-refractivity contribution is -0.127. The second-order valence-corrected chi connectivity index (χ2v) is 6.96. The van der Waals surface area contributed by atoms with Gasteiger partial charge >= 0.3 is 0 Å². The van der Waals surface area contributed by atoms with Crippen LogP contribution in [0.15, 0.2) is 48.7 Å². The Bertz CT molecular complexity index is 1050. The van der Waals surface area contributed by atoms with Crippen LogP contribution < -0.4 is 10.3 Å². The van der Waals surface area contributed by atoms with E-state index in [-0.39, 0.29) is 21.5 Å². The lowest BCUT2D eigenvalue weighted by Crippen LogP contribution is -2.40. The Balaban J connectivity index is 2.03. The molecule has 0 unspecified atom stereocenters. The molecule has 3 rings (SSSR count). The van der Waals surface area contributed by atoms with Crippen molar-refractivity contribution in [3.8, 4) is 0 Å². The van der Waals surface area contributed by atoms with E-state index in [1.807, 2.05) is 6.07 Å². The molecule has 0 spiro atoms. The molecule has 0 aliphatic rings. The molecule has 0 aliphatic carbocycles. The molecule has 144 valence electrons. The summed E-state index contributed by atoms with van der Waals surface area (Å²) in [5.41, 5.74) is 2.07. The van der Waals surface area contributed by atoms with E-state index < -0.39 is 5.91 Å². The van der Waals surface area contributed by atoms with Crippen LogP contribution >= 0.6 is 23.2 Å². The summed E-state index contributed by atoms with van der Waals surface area (Å²) in [6.07, 6.45) is 1.63. The Kier molecular flexibility index (Phi) is 5.72. The number of pyridine rings is 1. The molecule has 1 aromatic heterocycles. The summed E-state index contributed by atoms with van der Waals surface area (Å²) < 4.78 is 0. The monoisotopic (exact) mass is 416 g/mol. The Labute approximate surface area is 172 Å². The maximum absolute atomic E-state index is 12.7. The number of rotatable bonds is 4. The number of fused-ring (bicyclic) bond motifs is 1. The zero-order chi connectivity index (χ0) is 20.4. The minimum absolute atomic E-state index is 0.106. The van der Waals surface area contributed by atoms with Crippen molar-refractivity contribution in [2.45, 2.75) is 6.92 Å². The van der Waals surface area contributed by atoms with Gasteiger partial charge in [0.1, 0.15) is 0 Å². The van der Waals surface area contributed by atoms with Crippen molar-refractivity contribution in [1.82, 2.24) is 9.99 Å². The summed E-state index contributed by atoms with van der Waals surface area (Å²) in [6, 6.07) is 12.1. The van der Waals surface area contributed by atoms with Gasteiger partial charge < -0.3 is 5.32 Å². The largest absolute Gasteiger partial charge is 0.320 e. The molecule has 2 aromatic carbocycles. The Hall–Kier alpha value is -2.83. The van der Waals surface area contributed by atoms with E-state index in [1.165, 1.54) is 11.9 Å². The first-order chi connectivity index (χ1) is 13.3. The van der Waals surface area contributed by atoms with Gasteiger partial charge in [0, 0.05) is 32.6 Å². The van der Waals surface area contributed by atoms with Crippen LogP contribution in [-0.4, -0.2) is 35.9 Å². The van der Waals surface area contributed by atoms with E-state index in [1.54, 1.807) is 61.7 Å². The van der Waals surface area contributed by atoms with E-state index in [9.17, 15) is 9.59 Å². The molecule has 28 heavy (non-hydrogen) atoms. The fourth-order valence-corrected chi connectivity index (χ4v) is 3.39. The number of amides is 2. The number of halogens is 2. The van der Waals surface area contributed by atoms with E-state index in [0.29, 0.717) is 11.2 Å². The van der Waals surface area contributed by atoms with Gasteiger partial charge in [0.2, 0.25) is 5.91 Å². The van der Waals surface area contributed by atoms with Gasteiger partial charge in [0.25, 0.3) is 5.91 Å². The number of hydrogen-bond acceptors (Lipinski definition) is 4. The van der Waals surface area contributed by atoms with Gasteiger partial charge in [0.05, 0.1) is 32.5 Å². The van der Waals surface area contributed by atoms with Gasteiger partial charge in [-0.15, -0.1) is 0 Å². The summed E-state index contributed by atoms with van der Waals surface area (Å²) >= 11 is 12.3. The molecule has 0 bridgehead atoms. The van der Waals surface area contributed by atoms with Crippen LogP contribution in [-0.2, 0) is 4.79 Å². The van der Waals surface area contributed by atoms with E-state index in [2.05, 4.69) is 10.3 Å². The number of nitrogens with zero attached hydrogens (tertiary/aromatic N) is 3. The number of hydrazine groups is 1. The number of carbonyl (C=O) groups is 2. The molecule has 6 nitrogen and oxygen atoms in total. The number of para-hydroxylation sites is 1. The fraction of sp³-hybridized carbons (Fsp3) is 0.150. The van der Waals surface area contributed by atoms with Crippen LogP contribution in [0.1, 0.15) is 17.3 Å². The molecule has 0 aliphatic heterocycles. The molecule has 1 N–H and O–H groups in total. The Morgan fingerprint density at radius 1 is 1.00 bits per heavy atom. The van der Waals surface area contributed by atoms with Crippen molar-refractivity contribution in [2.24, 2.45) is 0 Å². The molecule has 8 heteroatoms. The third-order valence-corrected chi connectivity index (χ3v) is 5.07. The second kappa shape index (κ2) is 8.04. The summed E-state index contributed by atoms with van der Waals surface area (Å²) in [5.74, 6) is -0.533. The van der Waals surface area contributed by atoms with Gasteiger partial charge in [-0.05, 0) is 24.3 Å². The van der Waals surface area contributed by atoms with Gasteiger partial charge in [-0.3, -0.25) is 24.6 Å². The van der Waals surface area contributed by atoms with Gasteiger partial charge in [-0.2, -0.15) is 0 Å². The van der Waals surface area contributed by atoms with Crippen molar-refractivity contribution in [3.63, 3.8) is 0 Å². The SMILES string of the molecule is CC(=O)N(C)N(C)c1ccnc2c(NC(=O)c3c(Cl)cccc3Cl)cccc12. The van der Waals surface area contributed by atoms with Crippen LogP contribution in [0.25, 0.3) is 10.9 Å². The second-order valence-electron chi connectivity index (χ2n) is 6.15. The lowest BCUT2D eigenvalue weighted by atomic mass is 10.1. The highest BCUT2D eigenvalue weighted by molar-refractivity contribution is 6.40. The quantitative estimate of drug-likeness (QED) is 0.629. The van der Waals surface area contributed by atoms with Gasteiger partial charge in [-0.1, -0.05) is 41.4 Å². The van der Waals surface area contributed by atoms with Crippen molar-refractivity contribution in [3.05, 3.63) is 64.3 Å². The standard InChI is InChI=1S/C20H18Cl2N4O2/c1-12(27)25(2)26(3)17-10-11-23-19-13(17)6-4-9-16(19)24-20(28)18-14(21)7-5-8-15(18)22/h4-11H,1-3H3,(H,24,28). The average Bonchev–Trinajstić information content (AvgIpc) is 2.66. The third kappa shape index (κ3) is 3.74. The number of anilines is 2. The van der Waals surface area contributed by atoms with E-state index >= 15 is 0 Å². The van der Waals surface area contributed by atoms with Crippen molar-refractivity contribution < 1.29 is 9.59 Å². The smallest absolute Gasteiger partial charge is 0.258 e. The average molecular weight is 417 g/mol. The molecule has 0 saturated carbocycles. The summed E-state index contributed by atoms with van der Waals surface area (Å²) in [5, 5.41) is 7.36. The van der Waals surface area contributed by atoms with Crippen molar-refractivity contribution in [1.29, 1.82) is 0 Å². The number of carbonyl (C=O) groups excluding carboxylic acids is 2. The molecule has 0 fully saturated rings. The van der Waals surface area contributed by atoms with Crippen molar-refractivity contribution >= 4 is 57.3 Å². The Morgan fingerprint density at radius 2 is 1.64 bits per heavy atom. The van der Waals surface area contributed by atoms with Crippen LogP contribution in [0.3, 0.4) is 0 Å². The number of nitrogens with one attached hydrogen (secondary N) is 1. The molecule has 2 amide bonds. The predicted octanol–water partition coefficient (Wildman–Crippen LogP) is 4.62. The molecule has 0 atom stereocenters. The summed E-state index contributed by atoms with van der Waals surface area (Å²) in [4.78, 5) is 28.9. The first-order valence-electron chi connectivity index (χ1n) is 8.42. The zero-order valence-corrected chi connectivity index (χ0v) is 17.0. The summed E-state index contributed by atoms with van der Waals surface area (Å²) in [6.45, 7) is 1.48. The van der Waals surface area contributed by atoms with Gasteiger partial charge in [0.15, 0.2) is 0 Å². The third-order valence-electron chi connectivity index (χ3n) is 4.44. The summed E-state index contributed by atoms with van der Waals surface area (Å²) in [7, 11) is 3.46. The highest BCUT2D eigenvalue weighted by atomic mass is 35.5. The van der Waals surface area contributed by atoms with Gasteiger partial charge in [-0.25, -0.2) is 0 Å². The number of benzene rings is 2. The molecule has 0 radical (unpaired) electrons. The lowest BCUT2D eigenvalue weighted by Gasteiger charge is -2.30. The highest BCUT2D eigenvalue weighted by Gasteiger charge is 2.18. The van der Waals surface area contributed by atoms with Crippen LogP contribution in [0, 0.1) is 0 Å². The first-order valence-corrected chi connectivity index (χ1v) is 9.18. The minimum atomic E-state index is -0.426. The topological polar surface area (TPSA) is 65.5 Å². The molecule has 0 saturated heterocycles. The maximum atomic E-state index is 12.7. The molecular weight excluding hydrogens is 399 g/mol. The number of hydrogen-bond donors (Lipinski definition) is 1. The normalized spacial score (nSPS) is 10.6. The number of aromatic nitrogens is 1. The first kappa shape index (κ1) is 19.9. The highest BCUT2D eigenvalue weighted by Crippen LogP contribution is 2.31. The van der Waals surface area contributed by atoms with Crippen LogP contribution in [0.4, 0.5) is 11.4 Å². The fourth-order valence-electron chi connectivity index (χ4n) is 2.82. The van der Waals surface area contributed by atoms with Crippen LogP contribution in [0.2, 0.25) is 10.0 Å². The predicted molar refractivity (Wildman–Crippen MR) is 113 cm³/mol. The zero-order valence-electron chi connectivity index (χ0n) is 15.5. The maximum Gasteiger partial charge on any atom is 0.258 e. The van der Waals surface area contributed by atoms with E-state index in [0.717, 1.165) is 11.1 Å².